The summed E-state index contributed by atoms with van der Waals surface area (Å²) in [5.41, 5.74) is 7.68. The Morgan fingerprint density at radius 2 is 1.89 bits per heavy atom. The van der Waals surface area contributed by atoms with Gasteiger partial charge in [0.25, 0.3) is 0 Å². The minimum Gasteiger partial charge on any atom is -0.330 e. The van der Waals surface area contributed by atoms with Gasteiger partial charge < -0.3 is 10.3 Å². The number of benzene rings is 1. The van der Waals surface area contributed by atoms with E-state index in [4.69, 9.17) is 5.73 Å². The zero-order valence-corrected chi connectivity index (χ0v) is 10.8. The van der Waals surface area contributed by atoms with Gasteiger partial charge in [0, 0.05) is 19.4 Å². The molecule has 0 amide bonds. The lowest BCUT2D eigenvalue weighted by Gasteiger charge is -2.11. The van der Waals surface area contributed by atoms with Crippen LogP contribution >= 0.6 is 0 Å². The van der Waals surface area contributed by atoms with Gasteiger partial charge in [-0.15, -0.1) is 0 Å². The number of rotatable bonds is 4. The summed E-state index contributed by atoms with van der Waals surface area (Å²) in [4.78, 5) is 11.8. The van der Waals surface area contributed by atoms with E-state index >= 15 is 0 Å². The second kappa shape index (κ2) is 5.23. The molecule has 0 bridgehead atoms. The van der Waals surface area contributed by atoms with E-state index in [1.807, 2.05) is 12.1 Å². The number of imidazole rings is 1. The molecule has 0 fully saturated rings. The second-order valence-electron chi connectivity index (χ2n) is 4.63. The Kier molecular flexibility index (Phi) is 3.67. The van der Waals surface area contributed by atoms with E-state index in [2.05, 4.69) is 19.1 Å². The largest absolute Gasteiger partial charge is 0.332 e. The van der Waals surface area contributed by atoms with Crippen molar-refractivity contribution >= 4 is 0 Å². The van der Waals surface area contributed by atoms with Crippen LogP contribution in [0.25, 0.3) is 5.69 Å². The average molecular weight is 245 g/mol. The molecule has 2 rings (SSSR count). The van der Waals surface area contributed by atoms with Crippen molar-refractivity contribution in [1.82, 2.24) is 9.13 Å². The van der Waals surface area contributed by atoms with Crippen molar-refractivity contribution in [3.05, 3.63) is 52.7 Å². The van der Waals surface area contributed by atoms with E-state index in [1.54, 1.807) is 28.6 Å². The molecule has 1 aromatic carbocycles. The first-order chi connectivity index (χ1) is 8.63. The molecule has 1 atom stereocenters. The van der Waals surface area contributed by atoms with Gasteiger partial charge in [0.2, 0.25) is 0 Å². The third kappa shape index (κ3) is 2.38. The number of hydrogen-bond donors (Lipinski definition) is 1. The molecule has 0 saturated carbocycles. The number of hydrogen-bond acceptors (Lipinski definition) is 2. The maximum absolute atomic E-state index is 11.8. The first-order valence-electron chi connectivity index (χ1n) is 6.18. The molecule has 0 aliphatic carbocycles. The van der Waals surface area contributed by atoms with E-state index in [-0.39, 0.29) is 5.69 Å². The highest BCUT2D eigenvalue weighted by atomic mass is 16.1. The highest BCUT2D eigenvalue weighted by molar-refractivity contribution is 5.35. The quantitative estimate of drug-likeness (QED) is 0.890. The summed E-state index contributed by atoms with van der Waals surface area (Å²) in [6.07, 6.45) is 4.51. The molecular weight excluding hydrogens is 226 g/mol. The maximum Gasteiger partial charge on any atom is 0.332 e. The van der Waals surface area contributed by atoms with Gasteiger partial charge in [-0.2, -0.15) is 0 Å². The van der Waals surface area contributed by atoms with Crippen LogP contribution in [0.4, 0.5) is 0 Å². The molecule has 96 valence electrons. The number of nitrogens with zero attached hydrogens (tertiary/aromatic N) is 2. The van der Waals surface area contributed by atoms with Crippen molar-refractivity contribution in [1.29, 1.82) is 0 Å². The molecule has 0 spiro atoms. The monoisotopic (exact) mass is 245 g/mol. The fourth-order valence-corrected chi connectivity index (χ4v) is 2.04. The summed E-state index contributed by atoms with van der Waals surface area (Å²) in [5.74, 6) is 0.455. The number of aryl methyl sites for hydroxylation is 1. The molecule has 1 unspecified atom stereocenters. The van der Waals surface area contributed by atoms with Crippen molar-refractivity contribution in [2.45, 2.75) is 19.3 Å². The van der Waals surface area contributed by atoms with E-state index in [1.165, 1.54) is 5.56 Å². The predicted octanol–water partition coefficient (Wildman–Crippen LogP) is 1.63. The Labute approximate surface area is 107 Å². The summed E-state index contributed by atoms with van der Waals surface area (Å²) >= 11 is 0. The van der Waals surface area contributed by atoms with Gasteiger partial charge in [-0.1, -0.05) is 19.1 Å². The molecular formula is C14H19N3O. The summed E-state index contributed by atoms with van der Waals surface area (Å²) in [6.45, 7) is 2.86. The van der Waals surface area contributed by atoms with Crippen molar-refractivity contribution in [2.75, 3.05) is 6.54 Å². The third-order valence-corrected chi connectivity index (χ3v) is 3.29. The first kappa shape index (κ1) is 12.6. The van der Waals surface area contributed by atoms with Crippen LogP contribution < -0.4 is 11.4 Å². The van der Waals surface area contributed by atoms with E-state index in [0.29, 0.717) is 12.5 Å². The van der Waals surface area contributed by atoms with Crippen LogP contribution in [0.1, 0.15) is 24.8 Å². The minimum absolute atomic E-state index is 0.0299. The third-order valence-electron chi connectivity index (χ3n) is 3.29. The van der Waals surface area contributed by atoms with Crippen LogP contribution in [-0.4, -0.2) is 15.7 Å². The van der Waals surface area contributed by atoms with E-state index in [0.717, 1.165) is 12.1 Å². The van der Waals surface area contributed by atoms with Crippen molar-refractivity contribution in [3.8, 4) is 5.69 Å². The molecule has 2 N–H and O–H groups in total. The van der Waals surface area contributed by atoms with Crippen LogP contribution in [0.5, 0.6) is 0 Å². The SMILES string of the molecule is CC(CCN)c1ccc(-n2ccn(C)c2=O)cc1. The molecule has 4 nitrogen and oxygen atoms in total. The molecule has 0 aliphatic rings. The van der Waals surface area contributed by atoms with Gasteiger partial charge in [0.1, 0.15) is 0 Å². The molecule has 0 saturated heterocycles. The summed E-state index contributed by atoms with van der Waals surface area (Å²) in [6, 6.07) is 8.08. The van der Waals surface area contributed by atoms with Crippen molar-refractivity contribution in [2.24, 2.45) is 12.8 Å². The van der Waals surface area contributed by atoms with Gasteiger partial charge in [-0.05, 0) is 36.6 Å². The minimum atomic E-state index is -0.0299. The number of aromatic nitrogens is 2. The fourth-order valence-electron chi connectivity index (χ4n) is 2.04. The standard InChI is InChI=1S/C14H19N3O/c1-11(7-8-15)12-3-5-13(6-4-12)17-10-9-16(2)14(17)18/h3-6,9-11H,7-8,15H2,1-2H3. The highest BCUT2D eigenvalue weighted by Crippen LogP contribution is 2.19. The smallest absolute Gasteiger partial charge is 0.330 e. The Morgan fingerprint density at radius 1 is 1.22 bits per heavy atom. The Morgan fingerprint density at radius 3 is 2.39 bits per heavy atom. The summed E-state index contributed by atoms with van der Waals surface area (Å²) in [5, 5.41) is 0. The lowest BCUT2D eigenvalue weighted by Crippen LogP contribution is -2.20. The normalized spacial score (nSPS) is 12.6. The zero-order valence-electron chi connectivity index (χ0n) is 10.8. The van der Waals surface area contributed by atoms with Gasteiger partial charge >= 0.3 is 5.69 Å². The molecule has 1 aromatic heterocycles. The highest BCUT2D eigenvalue weighted by Gasteiger charge is 2.06. The van der Waals surface area contributed by atoms with Gasteiger partial charge in [0.05, 0.1) is 5.69 Å². The maximum atomic E-state index is 11.8. The molecule has 0 radical (unpaired) electrons. The van der Waals surface area contributed by atoms with E-state index in [9.17, 15) is 4.79 Å². The van der Waals surface area contributed by atoms with Crippen LogP contribution in [0.3, 0.4) is 0 Å². The summed E-state index contributed by atoms with van der Waals surface area (Å²) in [7, 11) is 1.75. The fraction of sp³-hybridized carbons (Fsp3) is 0.357. The Balaban J connectivity index is 2.28. The van der Waals surface area contributed by atoms with E-state index < -0.39 is 0 Å². The van der Waals surface area contributed by atoms with Gasteiger partial charge in [-0.25, -0.2) is 4.79 Å². The second-order valence-corrected chi connectivity index (χ2v) is 4.63. The molecule has 2 aromatic rings. The average Bonchev–Trinajstić information content (AvgIpc) is 2.71. The Hall–Kier alpha value is -1.81. The van der Waals surface area contributed by atoms with Gasteiger partial charge in [-0.3, -0.25) is 4.57 Å². The van der Waals surface area contributed by atoms with Crippen LogP contribution in [0.2, 0.25) is 0 Å². The zero-order chi connectivity index (χ0) is 13.1. The van der Waals surface area contributed by atoms with Crippen LogP contribution in [0.15, 0.2) is 41.5 Å². The van der Waals surface area contributed by atoms with Crippen LogP contribution in [0, 0.1) is 0 Å². The molecule has 0 aliphatic heterocycles. The van der Waals surface area contributed by atoms with Crippen molar-refractivity contribution in [3.63, 3.8) is 0 Å². The lowest BCUT2D eigenvalue weighted by atomic mass is 9.98. The van der Waals surface area contributed by atoms with Crippen molar-refractivity contribution < 1.29 is 0 Å². The topological polar surface area (TPSA) is 52.9 Å². The Bertz CT molecular complexity index is 565. The van der Waals surface area contributed by atoms with Crippen LogP contribution in [-0.2, 0) is 7.05 Å². The molecule has 1 heterocycles. The predicted molar refractivity (Wildman–Crippen MR) is 73.1 cm³/mol. The number of nitrogens with two attached hydrogens (primary N) is 1. The molecule has 18 heavy (non-hydrogen) atoms. The first-order valence-corrected chi connectivity index (χ1v) is 6.18. The lowest BCUT2D eigenvalue weighted by molar-refractivity contribution is 0.690. The molecule has 4 heteroatoms. The van der Waals surface area contributed by atoms with Gasteiger partial charge in [0.15, 0.2) is 0 Å². The summed E-state index contributed by atoms with van der Waals surface area (Å²) < 4.78 is 3.20.